The number of methoxy groups -OCH3 is 1. The van der Waals surface area contributed by atoms with Gasteiger partial charge < -0.3 is 9.47 Å². The average molecular weight is 208 g/mol. The molecule has 0 heterocycles. The van der Waals surface area contributed by atoms with Gasteiger partial charge in [-0.2, -0.15) is 0 Å². The van der Waals surface area contributed by atoms with E-state index < -0.39 is 0 Å². The zero-order valence-corrected chi connectivity index (χ0v) is 9.82. The molecule has 0 aromatic heterocycles. The number of benzene rings is 1. The van der Waals surface area contributed by atoms with Gasteiger partial charge in [0, 0.05) is 6.61 Å². The fourth-order valence-electron chi connectivity index (χ4n) is 1.38. The molecule has 0 bridgehead atoms. The normalized spacial score (nSPS) is 12.5. The quantitative estimate of drug-likeness (QED) is 0.665. The van der Waals surface area contributed by atoms with Gasteiger partial charge in [0.1, 0.15) is 5.75 Å². The van der Waals surface area contributed by atoms with Crippen molar-refractivity contribution in [3.05, 3.63) is 29.8 Å². The monoisotopic (exact) mass is 208 g/mol. The van der Waals surface area contributed by atoms with Crippen LogP contribution >= 0.6 is 0 Å². The van der Waals surface area contributed by atoms with Crippen LogP contribution in [0.25, 0.3) is 0 Å². The largest absolute Gasteiger partial charge is 0.497 e. The molecule has 0 amide bonds. The highest BCUT2D eigenvalue weighted by atomic mass is 16.5. The second kappa shape index (κ2) is 6.46. The van der Waals surface area contributed by atoms with Crippen LogP contribution < -0.4 is 4.74 Å². The second-order valence-electron chi connectivity index (χ2n) is 3.64. The lowest BCUT2D eigenvalue weighted by atomic mass is 10.1. The van der Waals surface area contributed by atoms with Crippen LogP contribution in [0.5, 0.6) is 5.75 Å². The van der Waals surface area contributed by atoms with Crippen molar-refractivity contribution in [2.75, 3.05) is 13.7 Å². The van der Waals surface area contributed by atoms with Gasteiger partial charge >= 0.3 is 0 Å². The Bertz CT molecular complexity index is 266. The van der Waals surface area contributed by atoms with Gasteiger partial charge in [0.2, 0.25) is 0 Å². The predicted molar refractivity (Wildman–Crippen MR) is 62.3 cm³/mol. The average Bonchev–Trinajstić information content (AvgIpc) is 2.29. The molecule has 1 rings (SSSR count). The maximum Gasteiger partial charge on any atom is 0.118 e. The van der Waals surface area contributed by atoms with Gasteiger partial charge in [0.25, 0.3) is 0 Å². The Morgan fingerprint density at radius 2 is 1.87 bits per heavy atom. The first-order chi connectivity index (χ1) is 7.27. The van der Waals surface area contributed by atoms with Crippen molar-refractivity contribution < 1.29 is 9.47 Å². The van der Waals surface area contributed by atoms with Gasteiger partial charge in [-0.15, -0.1) is 0 Å². The molecule has 15 heavy (non-hydrogen) atoms. The van der Waals surface area contributed by atoms with Gasteiger partial charge in [-0.3, -0.25) is 0 Å². The summed E-state index contributed by atoms with van der Waals surface area (Å²) in [7, 11) is 1.68. The summed E-state index contributed by atoms with van der Waals surface area (Å²) in [5.41, 5.74) is 1.20. The van der Waals surface area contributed by atoms with Crippen molar-refractivity contribution in [2.24, 2.45) is 0 Å². The summed E-state index contributed by atoms with van der Waals surface area (Å²) >= 11 is 0. The molecule has 0 aliphatic heterocycles. The van der Waals surface area contributed by atoms with Crippen LogP contribution in [0.15, 0.2) is 24.3 Å². The Hall–Kier alpha value is -1.02. The van der Waals surface area contributed by atoms with Gasteiger partial charge in [-0.1, -0.05) is 25.5 Å². The topological polar surface area (TPSA) is 18.5 Å². The molecule has 0 fully saturated rings. The highest BCUT2D eigenvalue weighted by Crippen LogP contribution is 2.20. The Morgan fingerprint density at radius 3 is 2.40 bits per heavy atom. The minimum Gasteiger partial charge on any atom is -0.497 e. The molecule has 84 valence electrons. The standard InChI is InChI=1S/C13H20O2/c1-4-5-10-15-11(2)12-6-8-13(14-3)9-7-12/h6-9,11H,4-5,10H2,1-3H3/t11-/m0/s1. The fourth-order valence-corrected chi connectivity index (χ4v) is 1.38. The first kappa shape index (κ1) is 12.1. The van der Waals surface area contributed by atoms with E-state index in [9.17, 15) is 0 Å². The molecule has 0 radical (unpaired) electrons. The molecule has 1 aromatic rings. The molecule has 1 atom stereocenters. The predicted octanol–water partition coefficient (Wildman–Crippen LogP) is 3.57. The van der Waals surface area contributed by atoms with Crippen LogP contribution in [0.2, 0.25) is 0 Å². The Morgan fingerprint density at radius 1 is 1.20 bits per heavy atom. The van der Waals surface area contributed by atoms with Crippen LogP contribution in [-0.2, 0) is 4.74 Å². The maximum atomic E-state index is 5.70. The lowest BCUT2D eigenvalue weighted by Crippen LogP contribution is -2.01. The van der Waals surface area contributed by atoms with Gasteiger partial charge in [-0.05, 0) is 31.0 Å². The third-order valence-corrected chi connectivity index (χ3v) is 2.45. The van der Waals surface area contributed by atoms with Crippen molar-refractivity contribution in [1.29, 1.82) is 0 Å². The van der Waals surface area contributed by atoms with E-state index in [2.05, 4.69) is 26.0 Å². The fraction of sp³-hybridized carbons (Fsp3) is 0.538. The van der Waals surface area contributed by atoms with Crippen LogP contribution in [0.1, 0.15) is 38.4 Å². The smallest absolute Gasteiger partial charge is 0.118 e. The molecular weight excluding hydrogens is 188 g/mol. The van der Waals surface area contributed by atoms with E-state index in [-0.39, 0.29) is 6.10 Å². The third-order valence-electron chi connectivity index (χ3n) is 2.45. The lowest BCUT2D eigenvalue weighted by molar-refractivity contribution is 0.0636. The van der Waals surface area contributed by atoms with Crippen LogP contribution in [0.4, 0.5) is 0 Å². The maximum absolute atomic E-state index is 5.70. The van der Waals surface area contributed by atoms with E-state index in [4.69, 9.17) is 9.47 Å². The SMILES string of the molecule is CCCCO[C@@H](C)c1ccc(OC)cc1. The lowest BCUT2D eigenvalue weighted by Gasteiger charge is -2.13. The summed E-state index contributed by atoms with van der Waals surface area (Å²) < 4.78 is 10.8. The first-order valence-electron chi connectivity index (χ1n) is 5.53. The number of hydrogen-bond acceptors (Lipinski definition) is 2. The zero-order valence-electron chi connectivity index (χ0n) is 9.82. The Labute approximate surface area is 92.2 Å². The molecule has 0 spiro atoms. The first-order valence-corrected chi connectivity index (χ1v) is 5.53. The van der Waals surface area contributed by atoms with E-state index in [0.717, 1.165) is 18.8 Å². The molecule has 0 aliphatic carbocycles. The minimum absolute atomic E-state index is 0.169. The van der Waals surface area contributed by atoms with Crippen molar-refractivity contribution in [2.45, 2.75) is 32.8 Å². The second-order valence-corrected chi connectivity index (χ2v) is 3.64. The van der Waals surface area contributed by atoms with E-state index in [1.807, 2.05) is 12.1 Å². The van der Waals surface area contributed by atoms with E-state index >= 15 is 0 Å². The summed E-state index contributed by atoms with van der Waals surface area (Å²) in [5, 5.41) is 0. The molecule has 1 aromatic carbocycles. The molecular formula is C13H20O2. The Balaban J connectivity index is 2.46. The van der Waals surface area contributed by atoms with Crippen LogP contribution in [-0.4, -0.2) is 13.7 Å². The molecule has 2 nitrogen and oxygen atoms in total. The molecule has 2 heteroatoms. The summed E-state index contributed by atoms with van der Waals surface area (Å²) in [6, 6.07) is 8.04. The van der Waals surface area contributed by atoms with E-state index in [1.54, 1.807) is 7.11 Å². The molecule has 0 aliphatic rings. The highest BCUT2D eigenvalue weighted by molar-refractivity contribution is 5.28. The van der Waals surface area contributed by atoms with Gasteiger partial charge in [0.05, 0.1) is 13.2 Å². The van der Waals surface area contributed by atoms with Gasteiger partial charge in [-0.25, -0.2) is 0 Å². The molecule has 0 saturated heterocycles. The summed E-state index contributed by atoms with van der Waals surface area (Å²) in [5.74, 6) is 0.888. The van der Waals surface area contributed by atoms with Crippen molar-refractivity contribution in [3.63, 3.8) is 0 Å². The molecule has 0 unspecified atom stereocenters. The van der Waals surface area contributed by atoms with Crippen LogP contribution in [0, 0.1) is 0 Å². The van der Waals surface area contributed by atoms with Crippen molar-refractivity contribution in [1.82, 2.24) is 0 Å². The summed E-state index contributed by atoms with van der Waals surface area (Å²) in [6.07, 6.45) is 2.47. The van der Waals surface area contributed by atoms with E-state index in [0.29, 0.717) is 0 Å². The van der Waals surface area contributed by atoms with Crippen molar-refractivity contribution in [3.8, 4) is 5.75 Å². The molecule has 0 saturated carbocycles. The summed E-state index contributed by atoms with van der Waals surface area (Å²) in [6.45, 7) is 5.09. The number of ether oxygens (including phenoxy) is 2. The zero-order chi connectivity index (χ0) is 11.1. The van der Waals surface area contributed by atoms with Crippen molar-refractivity contribution >= 4 is 0 Å². The number of hydrogen-bond donors (Lipinski definition) is 0. The van der Waals surface area contributed by atoms with E-state index in [1.165, 1.54) is 12.0 Å². The number of rotatable bonds is 6. The summed E-state index contributed by atoms with van der Waals surface area (Å²) in [4.78, 5) is 0. The third kappa shape index (κ3) is 3.92. The Kier molecular flexibility index (Phi) is 5.19. The highest BCUT2D eigenvalue weighted by Gasteiger charge is 2.04. The van der Waals surface area contributed by atoms with Crippen LogP contribution in [0.3, 0.4) is 0 Å². The van der Waals surface area contributed by atoms with Gasteiger partial charge in [0.15, 0.2) is 0 Å². The minimum atomic E-state index is 0.169. The molecule has 0 N–H and O–H groups in total. The number of unbranched alkanes of at least 4 members (excludes halogenated alkanes) is 1.